The van der Waals surface area contributed by atoms with Crippen molar-refractivity contribution < 1.29 is 9.59 Å². The van der Waals surface area contributed by atoms with Gasteiger partial charge in [0.1, 0.15) is 0 Å². The lowest BCUT2D eigenvalue weighted by Crippen LogP contribution is -2.31. The van der Waals surface area contributed by atoms with Gasteiger partial charge in [0.15, 0.2) is 0 Å². The maximum atomic E-state index is 12.3. The second kappa shape index (κ2) is 7.29. The molecule has 1 aromatic heterocycles. The number of aromatic nitrogens is 1. The van der Waals surface area contributed by atoms with Gasteiger partial charge < -0.3 is 0 Å². The molecule has 0 spiro atoms. The Morgan fingerprint density at radius 3 is 2.12 bits per heavy atom. The van der Waals surface area contributed by atoms with Crippen LogP contribution in [0.2, 0.25) is 0 Å². The van der Waals surface area contributed by atoms with Gasteiger partial charge in [0.25, 0.3) is 11.8 Å². The fourth-order valence-corrected chi connectivity index (χ4v) is 3.61. The number of halogens is 1. The zero-order valence-electron chi connectivity index (χ0n) is 13.2. The smallest absolute Gasteiger partial charge is 0.261 e. The third kappa shape index (κ3) is 3.27. The van der Waals surface area contributed by atoms with Gasteiger partial charge in [0.05, 0.1) is 21.8 Å². The molecule has 1 aliphatic heterocycles. The number of amides is 2. The Morgan fingerprint density at radius 2 is 1.48 bits per heavy atom. The van der Waals surface area contributed by atoms with E-state index in [0.29, 0.717) is 24.1 Å². The molecule has 0 radical (unpaired) electrons. The largest absolute Gasteiger partial charge is 0.274 e. The quantitative estimate of drug-likeness (QED) is 0.600. The molecule has 2 aromatic carbocycles. The van der Waals surface area contributed by atoms with Crippen molar-refractivity contribution in [2.24, 2.45) is 0 Å². The topological polar surface area (TPSA) is 50.3 Å². The molecule has 0 N–H and O–H groups in total. The Kier molecular flexibility index (Phi) is 5.11. The molecular weight excluding hydrogens is 400 g/mol. The molecular formula is C19H15BrN2O2S. The summed E-state index contributed by atoms with van der Waals surface area (Å²) in [6.07, 6.45) is 0.572. The van der Waals surface area contributed by atoms with Gasteiger partial charge >= 0.3 is 0 Å². The predicted molar refractivity (Wildman–Crippen MR) is 103 cm³/mol. The van der Waals surface area contributed by atoms with Crippen molar-refractivity contribution in [1.82, 2.24) is 9.88 Å². The van der Waals surface area contributed by atoms with E-state index in [2.05, 4.69) is 4.98 Å². The summed E-state index contributed by atoms with van der Waals surface area (Å²) in [6, 6.07) is 16.9. The maximum Gasteiger partial charge on any atom is 0.261 e. The Bertz CT molecular complexity index is 889. The minimum atomic E-state index is -0.213. The summed E-state index contributed by atoms with van der Waals surface area (Å²) in [5, 5.41) is 2.93. The number of fused-ring (bicyclic) bond motifs is 1. The molecule has 0 saturated carbocycles. The Balaban J connectivity index is 0.00000182. The lowest BCUT2D eigenvalue weighted by atomic mass is 10.1. The standard InChI is InChI=1S/C19H14N2O2S.BrH/c22-18-14-8-4-5-9-15(14)19(23)21(18)11-10-17-20-16(12-24-17)13-6-2-1-3-7-13;/h1-9,12H,10-11H2;1H. The van der Waals surface area contributed by atoms with Gasteiger partial charge in [-0.1, -0.05) is 42.5 Å². The fourth-order valence-electron chi connectivity index (χ4n) is 2.82. The van der Waals surface area contributed by atoms with Crippen molar-refractivity contribution in [2.45, 2.75) is 6.42 Å². The lowest BCUT2D eigenvalue weighted by molar-refractivity contribution is 0.0656. The SMILES string of the molecule is Br.O=C1c2ccccc2C(=O)N1CCc1nc(-c2ccccc2)cs1. The molecule has 2 amide bonds. The molecule has 1 aliphatic rings. The number of carbonyl (C=O) groups is 2. The monoisotopic (exact) mass is 414 g/mol. The molecule has 0 unspecified atom stereocenters. The number of carbonyl (C=O) groups excluding carboxylic acids is 2. The molecule has 2 heterocycles. The third-order valence-electron chi connectivity index (χ3n) is 4.05. The normalized spacial score (nSPS) is 12.9. The van der Waals surface area contributed by atoms with E-state index in [4.69, 9.17) is 0 Å². The minimum absolute atomic E-state index is 0. The molecule has 0 atom stereocenters. The second-order valence-electron chi connectivity index (χ2n) is 5.55. The van der Waals surface area contributed by atoms with Crippen LogP contribution < -0.4 is 0 Å². The molecule has 0 fully saturated rings. The summed E-state index contributed by atoms with van der Waals surface area (Å²) >= 11 is 1.55. The van der Waals surface area contributed by atoms with Crippen molar-refractivity contribution in [3.05, 3.63) is 76.1 Å². The van der Waals surface area contributed by atoms with E-state index in [-0.39, 0.29) is 28.8 Å². The van der Waals surface area contributed by atoms with Crippen molar-refractivity contribution in [2.75, 3.05) is 6.54 Å². The first kappa shape index (κ1) is 17.5. The molecule has 0 saturated heterocycles. The van der Waals surface area contributed by atoms with Crippen LogP contribution in [0.25, 0.3) is 11.3 Å². The molecule has 4 nitrogen and oxygen atoms in total. The van der Waals surface area contributed by atoms with E-state index in [9.17, 15) is 9.59 Å². The van der Waals surface area contributed by atoms with E-state index >= 15 is 0 Å². The summed E-state index contributed by atoms with van der Waals surface area (Å²) in [5.41, 5.74) is 2.98. The molecule has 4 rings (SSSR count). The van der Waals surface area contributed by atoms with E-state index < -0.39 is 0 Å². The van der Waals surface area contributed by atoms with Gasteiger partial charge in [-0.25, -0.2) is 4.98 Å². The van der Waals surface area contributed by atoms with Crippen LogP contribution in [0.5, 0.6) is 0 Å². The van der Waals surface area contributed by atoms with Crippen molar-refractivity contribution in [1.29, 1.82) is 0 Å². The first-order valence-electron chi connectivity index (χ1n) is 7.69. The average Bonchev–Trinajstić information content (AvgIpc) is 3.19. The average molecular weight is 415 g/mol. The van der Waals surface area contributed by atoms with Crippen molar-refractivity contribution >= 4 is 40.1 Å². The third-order valence-corrected chi connectivity index (χ3v) is 4.96. The van der Waals surface area contributed by atoms with Crippen LogP contribution in [-0.4, -0.2) is 28.2 Å². The Morgan fingerprint density at radius 1 is 0.880 bits per heavy atom. The van der Waals surface area contributed by atoms with Crippen LogP contribution in [-0.2, 0) is 6.42 Å². The van der Waals surface area contributed by atoms with Crippen molar-refractivity contribution in [3.63, 3.8) is 0 Å². The van der Waals surface area contributed by atoms with E-state index in [1.807, 2.05) is 35.7 Å². The van der Waals surface area contributed by atoms with Gasteiger partial charge in [0, 0.05) is 23.9 Å². The summed E-state index contributed by atoms with van der Waals surface area (Å²) in [7, 11) is 0. The minimum Gasteiger partial charge on any atom is -0.274 e. The van der Waals surface area contributed by atoms with Gasteiger partial charge in [-0.2, -0.15) is 0 Å². The molecule has 0 aliphatic carbocycles. The van der Waals surface area contributed by atoms with Crippen LogP contribution in [0.1, 0.15) is 25.7 Å². The lowest BCUT2D eigenvalue weighted by Gasteiger charge is -2.12. The zero-order valence-corrected chi connectivity index (χ0v) is 15.7. The highest BCUT2D eigenvalue weighted by Gasteiger charge is 2.34. The van der Waals surface area contributed by atoms with Crippen LogP contribution in [0.4, 0.5) is 0 Å². The summed E-state index contributed by atoms with van der Waals surface area (Å²) in [4.78, 5) is 30.6. The highest BCUT2D eigenvalue weighted by Crippen LogP contribution is 2.25. The van der Waals surface area contributed by atoms with Gasteiger partial charge in [-0.15, -0.1) is 28.3 Å². The number of benzene rings is 2. The van der Waals surface area contributed by atoms with Crippen LogP contribution >= 0.6 is 28.3 Å². The van der Waals surface area contributed by atoms with Gasteiger partial charge in [0.2, 0.25) is 0 Å². The number of imide groups is 1. The second-order valence-corrected chi connectivity index (χ2v) is 6.49. The fraction of sp³-hybridized carbons (Fsp3) is 0.105. The van der Waals surface area contributed by atoms with Gasteiger partial charge in [-0.3, -0.25) is 14.5 Å². The van der Waals surface area contributed by atoms with Crippen LogP contribution in [0, 0.1) is 0 Å². The molecule has 0 bridgehead atoms. The predicted octanol–water partition coefficient (Wildman–Crippen LogP) is 4.23. The maximum absolute atomic E-state index is 12.3. The van der Waals surface area contributed by atoms with E-state index in [1.165, 1.54) is 4.90 Å². The zero-order chi connectivity index (χ0) is 16.5. The number of thiazole rings is 1. The summed E-state index contributed by atoms with van der Waals surface area (Å²) in [5.74, 6) is -0.425. The first-order chi connectivity index (χ1) is 11.7. The van der Waals surface area contributed by atoms with Crippen molar-refractivity contribution in [3.8, 4) is 11.3 Å². The Labute approximate surface area is 159 Å². The summed E-state index contributed by atoms with van der Waals surface area (Å²) in [6.45, 7) is 0.355. The van der Waals surface area contributed by atoms with Gasteiger partial charge in [-0.05, 0) is 12.1 Å². The van der Waals surface area contributed by atoms with Crippen LogP contribution in [0.3, 0.4) is 0 Å². The first-order valence-corrected chi connectivity index (χ1v) is 8.57. The number of rotatable bonds is 4. The van der Waals surface area contributed by atoms with E-state index in [1.54, 1.807) is 35.6 Å². The number of hydrogen-bond donors (Lipinski definition) is 0. The van der Waals surface area contributed by atoms with E-state index in [0.717, 1.165) is 16.3 Å². The molecule has 126 valence electrons. The highest BCUT2D eigenvalue weighted by atomic mass is 79.9. The Hall–Kier alpha value is -2.31. The number of hydrogen-bond acceptors (Lipinski definition) is 4. The number of nitrogens with zero attached hydrogens (tertiary/aromatic N) is 2. The molecule has 25 heavy (non-hydrogen) atoms. The molecule has 6 heteroatoms. The summed E-state index contributed by atoms with van der Waals surface area (Å²) < 4.78 is 0. The molecule has 3 aromatic rings. The van der Waals surface area contributed by atoms with Crippen LogP contribution in [0.15, 0.2) is 60.0 Å². The highest BCUT2D eigenvalue weighted by molar-refractivity contribution is 8.93.